The van der Waals surface area contributed by atoms with E-state index in [0.29, 0.717) is 23.8 Å². The van der Waals surface area contributed by atoms with E-state index in [0.717, 1.165) is 24.2 Å². The molecule has 0 radical (unpaired) electrons. The first-order valence-corrected chi connectivity index (χ1v) is 9.44. The van der Waals surface area contributed by atoms with Gasteiger partial charge in [-0.1, -0.05) is 32.1 Å². The smallest absolute Gasteiger partial charge is 0.328 e. The topological polar surface area (TPSA) is 68.3 Å². The van der Waals surface area contributed by atoms with Gasteiger partial charge in [-0.3, -0.25) is 9.78 Å². The van der Waals surface area contributed by atoms with E-state index in [1.807, 2.05) is 19.1 Å². The standard InChI is InChI=1S/C20H28N2O3/c1-13-16(10-11-17(21-13)15-8-9-15)19(23)22-18(20(24)25-2)12-14-6-4-3-5-7-14/h10-11,14-15,18H,3-9,12H2,1-2H3,(H,22,23)/t18-/m1/s1. The number of aromatic nitrogens is 1. The third kappa shape index (κ3) is 4.59. The molecule has 2 aliphatic carbocycles. The van der Waals surface area contributed by atoms with Crippen LogP contribution in [-0.4, -0.2) is 30.0 Å². The van der Waals surface area contributed by atoms with Crippen LogP contribution in [0.3, 0.4) is 0 Å². The molecule has 2 aliphatic rings. The van der Waals surface area contributed by atoms with Crippen LogP contribution >= 0.6 is 0 Å². The lowest BCUT2D eigenvalue weighted by molar-refractivity contribution is -0.143. The second kappa shape index (κ2) is 7.98. The van der Waals surface area contributed by atoms with E-state index in [2.05, 4.69) is 10.3 Å². The van der Waals surface area contributed by atoms with E-state index in [1.165, 1.54) is 39.2 Å². The molecule has 2 fully saturated rings. The van der Waals surface area contributed by atoms with Crippen LogP contribution in [0.1, 0.15) is 79.0 Å². The molecule has 0 spiro atoms. The van der Waals surface area contributed by atoms with E-state index in [4.69, 9.17) is 4.74 Å². The number of nitrogens with zero attached hydrogens (tertiary/aromatic N) is 1. The summed E-state index contributed by atoms with van der Waals surface area (Å²) in [4.78, 5) is 29.4. The third-order valence-corrected chi connectivity index (χ3v) is 5.43. The van der Waals surface area contributed by atoms with Crippen molar-refractivity contribution in [2.45, 2.75) is 70.3 Å². The fraction of sp³-hybridized carbons (Fsp3) is 0.650. The Bertz CT molecular complexity index is 634. The van der Waals surface area contributed by atoms with Crippen molar-refractivity contribution in [3.63, 3.8) is 0 Å². The van der Waals surface area contributed by atoms with Crippen LogP contribution in [0.4, 0.5) is 0 Å². The van der Waals surface area contributed by atoms with Crippen molar-refractivity contribution < 1.29 is 14.3 Å². The van der Waals surface area contributed by atoms with Crippen molar-refractivity contribution in [1.82, 2.24) is 10.3 Å². The van der Waals surface area contributed by atoms with Gasteiger partial charge in [0.2, 0.25) is 0 Å². The number of hydrogen-bond donors (Lipinski definition) is 1. The van der Waals surface area contributed by atoms with Crippen LogP contribution in [0.2, 0.25) is 0 Å². The van der Waals surface area contributed by atoms with Crippen molar-refractivity contribution in [3.8, 4) is 0 Å². The van der Waals surface area contributed by atoms with E-state index in [-0.39, 0.29) is 11.9 Å². The fourth-order valence-corrected chi connectivity index (χ4v) is 3.78. The quantitative estimate of drug-likeness (QED) is 0.802. The number of rotatable bonds is 6. The van der Waals surface area contributed by atoms with E-state index in [9.17, 15) is 9.59 Å². The first kappa shape index (κ1) is 17.9. The lowest BCUT2D eigenvalue weighted by Gasteiger charge is -2.26. The molecule has 1 N–H and O–H groups in total. The highest BCUT2D eigenvalue weighted by molar-refractivity contribution is 5.97. The highest BCUT2D eigenvalue weighted by atomic mass is 16.5. The number of esters is 1. The molecule has 3 rings (SSSR count). The minimum atomic E-state index is -0.580. The highest BCUT2D eigenvalue weighted by Gasteiger charge is 2.29. The normalized spacial score (nSPS) is 19.3. The van der Waals surface area contributed by atoms with Gasteiger partial charge in [0.05, 0.1) is 18.4 Å². The summed E-state index contributed by atoms with van der Waals surface area (Å²) in [5.41, 5.74) is 2.34. The van der Waals surface area contributed by atoms with Crippen LogP contribution in [0.25, 0.3) is 0 Å². The lowest BCUT2D eigenvalue weighted by Crippen LogP contribution is -2.43. The van der Waals surface area contributed by atoms with Gasteiger partial charge < -0.3 is 10.1 Å². The molecule has 2 saturated carbocycles. The molecular formula is C20H28N2O3. The van der Waals surface area contributed by atoms with Crippen molar-refractivity contribution in [3.05, 3.63) is 29.1 Å². The third-order valence-electron chi connectivity index (χ3n) is 5.43. The SMILES string of the molecule is COC(=O)[C@@H](CC1CCCCC1)NC(=O)c1ccc(C2CC2)nc1C. The molecule has 1 heterocycles. The lowest BCUT2D eigenvalue weighted by atomic mass is 9.84. The van der Waals surface area contributed by atoms with E-state index < -0.39 is 6.04 Å². The number of ether oxygens (including phenoxy) is 1. The van der Waals surface area contributed by atoms with Crippen LogP contribution in [-0.2, 0) is 9.53 Å². The summed E-state index contributed by atoms with van der Waals surface area (Å²) in [6.07, 6.45) is 8.96. The number of methoxy groups -OCH3 is 1. The monoisotopic (exact) mass is 344 g/mol. The molecule has 136 valence electrons. The summed E-state index contributed by atoms with van der Waals surface area (Å²) < 4.78 is 4.91. The molecule has 1 aromatic rings. The van der Waals surface area contributed by atoms with Gasteiger partial charge in [0, 0.05) is 11.6 Å². The second-order valence-corrected chi connectivity index (χ2v) is 7.43. The van der Waals surface area contributed by atoms with Crippen molar-refractivity contribution >= 4 is 11.9 Å². The molecule has 25 heavy (non-hydrogen) atoms. The Balaban J connectivity index is 1.67. The predicted molar refractivity (Wildman–Crippen MR) is 95.4 cm³/mol. The van der Waals surface area contributed by atoms with Gasteiger partial charge in [-0.2, -0.15) is 0 Å². The fourth-order valence-electron chi connectivity index (χ4n) is 3.78. The molecule has 0 bridgehead atoms. The summed E-state index contributed by atoms with van der Waals surface area (Å²) in [6.45, 7) is 1.86. The van der Waals surface area contributed by atoms with Gasteiger partial charge in [0.25, 0.3) is 5.91 Å². The van der Waals surface area contributed by atoms with Gasteiger partial charge in [-0.05, 0) is 44.2 Å². The Kier molecular flexibility index (Phi) is 5.71. The molecular weight excluding hydrogens is 316 g/mol. The molecule has 5 nitrogen and oxygen atoms in total. The van der Waals surface area contributed by atoms with E-state index in [1.54, 1.807) is 0 Å². The van der Waals surface area contributed by atoms with Crippen LogP contribution in [0, 0.1) is 12.8 Å². The van der Waals surface area contributed by atoms with Crippen LogP contribution < -0.4 is 5.32 Å². The van der Waals surface area contributed by atoms with Crippen molar-refractivity contribution in [1.29, 1.82) is 0 Å². The zero-order chi connectivity index (χ0) is 17.8. The summed E-state index contributed by atoms with van der Waals surface area (Å²) in [7, 11) is 1.37. The van der Waals surface area contributed by atoms with Crippen molar-refractivity contribution in [2.75, 3.05) is 7.11 Å². The Morgan fingerprint density at radius 3 is 2.52 bits per heavy atom. The van der Waals surface area contributed by atoms with Crippen LogP contribution in [0.15, 0.2) is 12.1 Å². The van der Waals surface area contributed by atoms with Gasteiger partial charge in [-0.25, -0.2) is 4.79 Å². The first-order chi connectivity index (χ1) is 12.1. The molecule has 0 saturated heterocycles. The molecule has 0 unspecified atom stereocenters. The second-order valence-electron chi connectivity index (χ2n) is 7.43. The Labute approximate surface area is 149 Å². The number of carbonyl (C=O) groups is 2. The number of carbonyl (C=O) groups excluding carboxylic acids is 2. The molecule has 1 atom stereocenters. The number of aryl methyl sites for hydroxylation is 1. The molecule has 0 aliphatic heterocycles. The molecule has 5 heteroatoms. The minimum Gasteiger partial charge on any atom is -0.467 e. The van der Waals surface area contributed by atoms with Crippen molar-refractivity contribution in [2.24, 2.45) is 5.92 Å². The Morgan fingerprint density at radius 1 is 1.20 bits per heavy atom. The maximum Gasteiger partial charge on any atom is 0.328 e. The average Bonchev–Trinajstić information content (AvgIpc) is 3.46. The molecule has 1 amide bonds. The van der Waals surface area contributed by atoms with Crippen LogP contribution in [0.5, 0.6) is 0 Å². The molecule has 1 aromatic heterocycles. The minimum absolute atomic E-state index is 0.237. The zero-order valence-electron chi connectivity index (χ0n) is 15.2. The maximum absolute atomic E-state index is 12.7. The Morgan fingerprint density at radius 2 is 1.92 bits per heavy atom. The largest absolute Gasteiger partial charge is 0.467 e. The van der Waals surface area contributed by atoms with Gasteiger partial charge in [-0.15, -0.1) is 0 Å². The maximum atomic E-state index is 12.7. The summed E-state index contributed by atoms with van der Waals surface area (Å²) >= 11 is 0. The number of hydrogen-bond acceptors (Lipinski definition) is 4. The summed E-state index contributed by atoms with van der Waals surface area (Å²) in [6, 6.07) is 3.19. The number of amides is 1. The molecule has 0 aromatic carbocycles. The van der Waals surface area contributed by atoms with E-state index >= 15 is 0 Å². The predicted octanol–water partition coefficient (Wildman–Crippen LogP) is 3.51. The van der Waals surface area contributed by atoms with Gasteiger partial charge >= 0.3 is 5.97 Å². The average molecular weight is 344 g/mol. The summed E-state index contributed by atoms with van der Waals surface area (Å²) in [5, 5.41) is 2.88. The number of nitrogens with one attached hydrogen (secondary N) is 1. The zero-order valence-corrected chi connectivity index (χ0v) is 15.2. The highest BCUT2D eigenvalue weighted by Crippen LogP contribution is 2.39. The first-order valence-electron chi connectivity index (χ1n) is 9.44. The summed E-state index contributed by atoms with van der Waals surface area (Å²) in [5.74, 6) is 0.442. The Hall–Kier alpha value is -1.91. The number of pyridine rings is 1. The van der Waals surface area contributed by atoms with Gasteiger partial charge in [0.1, 0.15) is 6.04 Å². The van der Waals surface area contributed by atoms with Gasteiger partial charge in [0.15, 0.2) is 0 Å².